The van der Waals surface area contributed by atoms with Crippen molar-refractivity contribution in [2.45, 2.75) is 17.9 Å². The van der Waals surface area contributed by atoms with Crippen molar-refractivity contribution >= 4 is 17.7 Å². The van der Waals surface area contributed by atoms with Crippen molar-refractivity contribution in [1.82, 2.24) is 14.9 Å². The molecule has 6 nitrogen and oxygen atoms in total. The van der Waals surface area contributed by atoms with E-state index in [-0.39, 0.29) is 11.5 Å². The Morgan fingerprint density at radius 1 is 1.14 bits per heavy atom. The molecule has 0 fully saturated rings. The highest BCUT2D eigenvalue weighted by Crippen LogP contribution is 2.19. The molecule has 3 aromatic rings. The molecule has 1 amide bonds. The van der Waals surface area contributed by atoms with E-state index in [0.29, 0.717) is 31.0 Å². The van der Waals surface area contributed by atoms with Gasteiger partial charge in [0.05, 0.1) is 19.1 Å². The fourth-order valence-electron chi connectivity index (χ4n) is 2.70. The quantitative estimate of drug-likeness (QED) is 0.550. The van der Waals surface area contributed by atoms with E-state index in [1.165, 1.54) is 17.0 Å². The van der Waals surface area contributed by atoms with Crippen molar-refractivity contribution in [3.8, 4) is 17.0 Å². The molecule has 0 saturated carbocycles. The van der Waals surface area contributed by atoms with Crippen LogP contribution in [0.1, 0.15) is 6.42 Å². The Morgan fingerprint density at radius 2 is 1.90 bits per heavy atom. The van der Waals surface area contributed by atoms with Gasteiger partial charge in [0.25, 0.3) is 5.56 Å². The molecule has 7 heteroatoms. The molecule has 0 spiro atoms. The zero-order chi connectivity index (χ0) is 20.5. The minimum Gasteiger partial charge on any atom is -0.497 e. The molecule has 1 aromatic heterocycles. The van der Waals surface area contributed by atoms with E-state index in [1.54, 1.807) is 18.9 Å². The molecule has 2 aromatic carbocycles. The summed E-state index contributed by atoms with van der Waals surface area (Å²) in [4.78, 5) is 29.8. The van der Waals surface area contributed by atoms with Crippen molar-refractivity contribution in [3.63, 3.8) is 0 Å². The van der Waals surface area contributed by atoms with Crippen LogP contribution in [-0.2, 0) is 11.3 Å². The molecule has 0 aliphatic carbocycles. The second kappa shape index (κ2) is 10.5. The normalized spacial score (nSPS) is 10.5. The van der Waals surface area contributed by atoms with E-state index >= 15 is 0 Å². The number of carbonyl (C=O) groups excluding carboxylic acids is 1. The van der Waals surface area contributed by atoms with E-state index in [2.05, 4.69) is 10.3 Å². The monoisotopic (exact) mass is 409 g/mol. The number of nitrogens with one attached hydrogen (secondary N) is 1. The highest BCUT2D eigenvalue weighted by atomic mass is 32.2. The fraction of sp³-hybridized carbons (Fsp3) is 0.227. The number of methoxy groups -OCH3 is 1. The molecule has 0 aliphatic heterocycles. The summed E-state index contributed by atoms with van der Waals surface area (Å²) in [5.74, 6) is 1.44. The number of aromatic nitrogens is 2. The van der Waals surface area contributed by atoms with Gasteiger partial charge in [-0.2, -0.15) is 0 Å². The highest BCUT2D eigenvalue weighted by Gasteiger charge is 2.05. The van der Waals surface area contributed by atoms with E-state index in [1.807, 2.05) is 54.6 Å². The lowest BCUT2D eigenvalue weighted by molar-refractivity contribution is -0.120. The third kappa shape index (κ3) is 6.22. The van der Waals surface area contributed by atoms with E-state index < -0.39 is 0 Å². The van der Waals surface area contributed by atoms with Crippen molar-refractivity contribution in [1.29, 1.82) is 0 Å². The Bertz CT molecular complexity index is 988. The lowest BCUT2D eigenvalue weighted by Crippen LogP contribution is -2.30. The lowest BCUT2D eigenvalue weighted by atomic mass is 10.1. The SMILES string of the molecule is COc1ccc(-c2cc(=O)n(CCNC(=O)CCSc3ccccc3)cn2)cc1. The number of ether oxygens (including phenoxy) is 1. The van der Waals surface area contributed by atoms with Crippen LogP contribution in [0.15, 0.2) is 76.7 Å². The second-order valence-corrected chi connectivity index (χ2v) is 7.46. The number of amides is 1. The average Bonchev–Trinajstić information content (AvgIpc) is 2.75. The summed E-state index contributed by atoms with van der Waals surface area (Å²) in [6.07, 6.45) is 1.95. The fourth-order valence-corrected chi connectivity index (χ4v) is 3.57. The first-order valence-electron chi connectivity index (χ1n) is 9.31. The Kier molecular flexibility index (Phi) is 7.47. The Balaban J connectivity index is 1.45. The van der Waals surface area contributed by atoms with Crippen LogP contribution in [0.2, 0.25) is 0 Å². The standard InChI is InChI=1S/C22H23N3O3S/c1-28-18-9-7-17(8-10-18)20-15-22(27)25(16-24-20)13-12-23-21(26)11-14-29-19-5-3-2-4-6-19/h2-10,15-16H,11-14H2,1H3,(H,23,26). The predicted molar refractivity (Wildman–Crippen MR) is 115 cm³/mol. The molecule has 150 valence electrons. The zero-order valence-corrected chi connectivity index (χ0v) is 17.0. The van der Waals surface area contributed by atoms with Crippen LogP contribution in [0.4, 0.5) is 0 Å². The number of carbonyl (C=O) groups is 1. The molecular formula is C22H23N3O3S. The molecular weight excluding hydrogens is 386 g/mol. The summed E-state index contributed by atoms with van der Waals surface area (Å²) in [5.41, 5.74) is 1.30. The first-order valence-corrected chi connectivity index (χ1v) is 10.3. The van der Waals surface area contributed by atoms with Crippen molar-refractivity contribution < 1.29 is 9.53 Å². The van der Waals surface area contributed by atoms with E-state index in [0.717, 1.165) is 16.2 Å². The zero-order valence-electron chi connectivity index (χ0n) is 16.2. The molecule has 0 bridgehead atoms. The van der Waals surface area contributed by atoms with Crippen LogP contribution >= 0.6 is 11.8 Å². The predicted octanol–water partition coefficient (Wildman–Crippen LogP) is 3.22. The Labute approximate surface area is 173 Å². The maximum Gasteiger partial charge on any atom is 0.253 e. The van der Waals surface area contributed by atoms with Gasteiger partial charge in [-0.3, -0.25) is 14.2 Å². The molecule has 1 N–H and O–H groups in total. The van der Waals surface area contributed by atoms with Gasteiger partial charge >= 0.3 is 0 Å². The average molecular weight is 410 g/mol. The van der Waals surface area contributed by atoms with Crippen molar-refractivity contribution in [3.05, 3.63) is 77.3 Å². The summed E-state index contributed by atoms with van der Waals surface area (Å²) < 4.78 is 6.63. The van der Waals surface area contributed by atoms with Gasteiger partial charge in [-0.1, -0.05) is 18.2 Å². The molecule has 0 radical (unpaired) electrons. The molecule has 0 aliphatic rings. The van der Waals surface area contributed by atoms with Gasteiger partial charge in [0.2, 0.25) is 5.91 Å². The van der Waals surface area contributed by atoms with Crippen LogP contribution in [0.3, 0.4) is 0 Å². The van der Waals surface area contributed by atoms with Gasteiger partial charge < -0.3 is 10.1 Å². The van der Waals surface area contributed by atoms with Gasteiger partial charge in [0, 0.05) is 41.8 Å². The third-order valence-electron chi connectivity index (χ3n) is 4.28. The number of hydrogen-bond acceptors (Lipinski definition) is 5. The third-order valence-corrected chi connectivity index (χ3v) is 5.29. The van der Waals surface area contributed by atoms with Gasteiger partial charge in [0.15, 0.2) is 0 Å². The summed E-state index contributed by atoms with van der Waals surface area (Å²) in [5, 5.41) is 2.85. The molecule has 0 atom stereocenters. The number of benzene rings is 2. The van der Waals surface area contributed by atoms with Crippen LogP contribution in [0.25, 0.3) is 11.3 Å². The molecule has 29 heavy (non-hydrogen) atoms. The number of thioether (sulfide) groups is 1. The van der Waals surface area contributed by atoms with Crippen LogP contribution in [-0.4, -0.2) is 34.9 Å². The molecule has 1 heterocycles. The minimum absolute atomic E-state index is 0.0238. The van der Waals surface area contributed by atoms with E-state index in [4.69, 9.17) is 4.74 Å². The molecule has 0 saturated heterocycles. The minimum atomic E-state index is -0.153. The summed E-state index contributed by atoms with van der Waals surface area (Å²) in [6, 6.07) is 18.9. The first-order chi connectivity index (χ1) is 14.2. The van der Waals surface area contributed by atoms with Crippen LogP contribution < -0.4 is 15.6 Å². The number of rotatable bonds is 9. The lowest BCUT2D eigenvalue weighted by Gasteiger charge is -2.08. The first kappa shape index (κ1) is 20.7. The van der Waals surface area contributed by atoms with Gasteiger partial charge in [0.1, 0.15) is 5.75 Å². The second-order valence-electron chi connectivity index (χ2n) is 6.30. The van der Waals surface area contributed by atoms with Crippen LogP contribution in [0.5, 0.6) is 5.75 Å². The summed E-state index contributed by atoms with van der Waals surface area (Å²) >= 11 is 1.65. The van der Waals surface area contributed by atoms with Gasteiger partial charge in [-0.15, -0.1) is 11.8 Å². The van der Waals surface area contributed by atoms with Gasteiger partial charge in [-0.25, -0.2) is 4.98 Å². The van der Waals surface area contributed by atoms with Crippen molar-refractivity contribution in [2.75, 3.05) is 19.4 Å². The Hall–Kier alpha value is -3.06. The Morgan fingerprint density at radius 3 is 2.59 bits per heavy atom. The highest BCUT2D eigenvalue weighted by molar-refractivity contribution is 7.99. The molecule has 3 rings (SSSR count). The summed E-state index contributed by atoms with van der Waals surface area (Å²) in [7, 11) is 1.61. The smallest absolute Gasteiger partial charge is 0.253 e. The summed E-state index contributed by atoms with van der Waals surface area (Å²) in [6.45, 7) is 0.768. The van der Waals surface area contributed by atoms with E-state index in [9.17, 15) is 9.59 Å². The number of hydrogen-bond donors (Lipinski definition) is 1. The topological polar surface area (TPSA) is 73.2 Å². The molecule has 0 unspecified atom stereocenters. The van der Waals surface area contributed by atoms with Crippen LogP contribution in [0, 0.1) is 0 Å². The van der Waals surface area contributed by atoms with Crippen molar-refractivity contribution in [2.24, 2.45) is 0 Å². The maximum atomic E-state index is 12.3. The maximum absolute atomic E-state index is 12.3. The van der Waals surface area contributed by atoms with Gasteiger partial charge in [-0.05, 0) is 36.4 Å². The number of nitrogens with zero attached hydrogens (tertiary/aromatic N) is 2. The largest absolute Gasteiger partial charge is 0.497 e.